The lowest BCUT2D eigenvalue weighted by molar-refractivity contribution is 1.25. The highest BCUT2D eigenvalue weighted by molar-refractivity contribution is 5.89. The molecule has 0 spiro atoms. The van der Waals surface area contributed by atoms with Crippen LogP contribution >= 0.6 is 0 Å². The third-order valence-electron chi connectivity index (χ3n) is 2.37. The summed E-state index contributed by atoms with van der Waals surface area (Å²) in [4.78, 5) is 7.52. The Kier molecular flexibility index (Phi) is 2.00. The molecule has 14 heavy (non-hydrogen) atoms. The first-order valence-electron chi connectivity index (χ1n) is 4.63. The molecule has 0 aromatic carbocycles. The number of aromatic amines is 1. The van der Waals surface area contributed by atoms with Crippen LogP contribution in [0.15, 0.2) is 12.3 Å². The number of nitrogens with two attached hydrogens (primary N) is 1. The average Bonchev–Trinajstić information content (AvgIpc) is 2.66. The molecule has 0 fully saturated rings. The van der Waals surface area contributed by atoms with Crippen LogP contribution in [0.1, 0.15) is 13.8 Å². The van der Waals surface area contributed by atoms with Crippen molar-refractivity contribution in [2.24, 2.45) is 0 Å². The lowest BCUT2D eigenvalue weighted by Crippen LogP contribution is -2.29. The van der Waals surface area contributed by atoms with E-state index in [-0.39, 0.29) is 0 Å². The van der Waals surface area contributed by atoms with E-state index in [2.05, 4.69) is 9.97 Å². The van der Waals surface area contributed by atoms with E-state index < -0.39 is 0 Å². The summed E-state index contributed by atoms with van der Waals surface area (Å²) < 4.78 is 0. The van der Waals surface area contributed by atoms with Crippen LogP contribution in [0.4, 0.5) is 5.82 Å². The quantitative estimate of drug-likeness (QED) is 0.639. The van der Waals surface area contributed by atoms with Gasteiger partial charge in [0.1, 0.15) is 5.82 Å². The smallest absolute Gasteiger partial charge is 0.133 e. The van der Waals surface area contributed by atoms with E-state index in [0.29, 0.717) is 5.82 Å². The van der Waals surface area contributed by atoms with Gasteiger partial charge < -0.3 is 10.7 Å². The Balaban J connectivity index is 3.14. The summed E-state index contributed by atoms with van der Waals surface area (Å²) in [6.45, 7) is 3.96. The molecule has 2 aromatic rings. The van der Waals surface area contributed by atoms with Crippen molar-refractivity contribution in [1.82, 2.24) is 9.97 Å². The molecular formula is C11H13N3. The number of nitrogen functional groups attached to an aromatic ring is 1. The highest BCUT2D eigenvalue weighted by Crippen LogP contribution is 2.11. The standard InChI is InChI=1S/C11H13N3/c1-3-7-9(4-2)14-11(12)8-5-6-13-10(7)8/h3-6,13H,1-2H3,(H2,12,14)/b7-3+,9-4+. The van der Waals surface area contributed by atoms with Gasteiger partial charge in [-0.1, -0.05) is 12.2 Å². The predicted molar refractivity (Wildman–Crippen MR) is 60.0 cm³/mol. The number of hydrogen-bond acceptors (Lipinski definition) is 2. The van der Waals surface area contributed by atoms with E-state index in [0.717, 1.165) is 21.5 Å². The van der Waals surface area contributed by atoms with Crippen molar-refractivity contribution in [2.45, 2.75) is 13.8 Å². The molecule has 0 radical (unpaired) electrons. The molecule has 0 aliphatic heterocycles. The molecule has 0 saturated heterocycles. The normalized spacial score (nSPS) is 14.1. The summed E-state index contributed by atoms with van der Waals surface area (Å²) in [5, 5.41) is 3.03. The largest absolute Gasteiger partial charge is 0.383 e. The molecule has 0 unspecified atom stereocenters. The molecule has 3 heteroatoms. The zero-order valence-electron chi connectivity index (χ0n) is 8.33. The predicted octanol–water partition coefficient (Wildman–Crippen LogP) is 0.746. The lowest BCUT2D eigenvalue weighted by atomic mass is 10.2. The van der Waals surface area contributed by atoms with Crippen molar-refractivity contribution in [3.05, 3.63) is 22.8 Å². The Morgan fingerprint density at radius 3 is 2.79 bits per heavy atom. The van der Waals surface area contributed by atoms with Gasteiger partial charge >= 0.3 is 0 Å². The zero-order chi connectivity index (χ0) is 10.1. The SMILES string of the molecule is C/C=c1\c(=C/C)nc(N)c2cc[nH]c12. The number of aromatic nitrogens is 2. The molecule has 0 aliphatic rings. The van der Waals surface area contributed by atoms with Crippen molar-refractivity contribution >= 4 is 28.9 Å². The summed E-state index contributed by atoms with van der Waals surface area (Å²) in [5.74, 6) is 0.583. The van der Waals surface area contributed by atoms with Crippen LogP contribution in [0.5, 0.6) is 0 Å². The molecule has 0 atom stereocenters. The van der Waals surface area contributed by atoms with Crippen LogP contribution in [0.3, 0.4) is 0 Å². The molecule has 0 saturated carbocycles. The molecule has 0 aliphatic carbocycles. The second-order valence-corrected chi connectivity index (χ2v) is 3.14. The summed E-state index contributed by atoms with van der Waals surface area (Å²) in [6, 6.07) is 1.95. The summed E-state index contributed by atoms with van der Waals surface area (Å²) in [5.41, 5.74) is 6.90. The minimum absolute atomic E-state index is 0.583. The molecule has 2 aromatic heterocycles. The fraction of sp³-hybridized carbons (Fsp3) is 0.182. The van der Waals surface area contributed by atoms with Crippen molar-refractivity contribution in [1.29, 1.82) is 0 Å². The Hall–Kier alpha value is -1.77. The van der Waals surface area contributed by atoms with Gasteiger partial charge in [-0.25, -0.2) is 4.98 Å². The third kappa shape index (κ3) is 1.09. The van der Waals surface area contributed by atoms with Crippen LogP contribution < -0.4 is 16.3 Å². The molecule has 72 valence electrons. The van der Waals surface area contributed by atoms with E-state index >= 15 is 0 Å². The van der Waals surface area contributed by atoms with Gasteiger partial charge in [-0.05, 0) is 19.9 Å². The first-order chi connectivity index (χ1) is 6.77. The molecule has 0 bridgehead atoms. The van der Waals surface area contributed by atoms with Crippen molar-refractivity contribution in [2.75, 3.05) is 5.73 Å². The van der Waals surface area contributed by atoms with E-state index in [1.54, 1.807) is 0 Å². The Bertz CT molecular complexity index is 578. The van der Waals surface area contributed by atoms with Crippen LogP contribution in [-0.2, 0) is 0 Å². The van der Waals surface area contributed by atoms with Gasteiger partial charge in [-0.3, -0.25) is 0 Å². The number of H-pyrrole nitrogens is 1. The molecule has 3 N–H and O–H groups in total. The van der Waals surface area contributed by atoms with Crippen LogP contribution in [0.25, 0.3) is 23.1 Å². The van der Waals surface area contributed by atoms with Crippen molar-refractivity contribution in [3.8, 4) is 0 Å². The Morgan fingerprint density at radius 2 is 2.14 bits per heavy atom. The van der Waals surface area contributed by atoms with E-state index in [4.69, 9.17) is 5.73 Å². The maximum absolute atomic E-state index is 5.84. The van der Waals surface area contributed by atoms with Gasteiger partial charge in [0.25, 0.3) is 0 Å². The molecule has 0 amide bonds. The highest BCUT2D eigenvalue weighted by atomic mass is 14.8. The molecule has 2 heterocycles. The van der Waals surface area contributed by atoms with Gasteiger partial charge in [0, 0.05) is 16.8 Å². The number of hydrogen-bond donors (Lipinski definition) is 2. The number of fused-ring (bicyclic) bond motifs is 1. The average molecular weight is 187 g/mol. The highest BCUT2D eigenvalue weighted by Gasteiger charge is 2.02. The van der Waals surface area contributed by atoms with Gasteiger partial charge in [0.2, 0.25) is 0 Å². The van der Waals surface area contributed by atoms with Gasteiger partial charge in [-0.2, -0.15) is 0 Å². The minimum Gasteiger partial charge on any atom is -0.383 e. The minimum atomic E-state index is 0.583. The van der Waals surface area contributed by atoms with Gasteiger partial charge in [0.05, 0.1) is 10.9 Å². The summed E-state index contributed by atoms with van der Waals surface area (Å²) in [6.07, 6.45) is 5.89. The first-order valence-corrected chi connectivity index (χ1v) is 4.63. The summed E-state index contributed by atoms with van der Waals surface area (Å²) in [7, 11) is 0. The zero-order valence-corrected chi connectivity index (χ0v) is 8.33. The van der Waals surface area contributed by atoms with Crippen LogP contribution in [-0.4, -0.2) is 9.97 Å². The van der Waals surface area contributed by atoms with Crippen molar-refractivity contribution in [3.63, 3.8) is 0 Å². The fourth-order valence-electron chi connectivity index (χ4n) is 1.70. The maximum Gasteiger partial charge on any atom is 0.133 e. The number of nitrogens with zero attached hydrogens (tertiary/aromatic N) is 1. The number of pyridine rings is 1. The van der Waals surface area contributed by atoms with E-state index in [1.807, 2.05) is 38.3 Å². The fourth-order valence-corrected chi connectivity index (χ4v) is 1.70. The van der Waals surface area contributed by atoms with E-state index in [9.17, 15) is 0 Å². The topological polar surface area (TPSA) is 54.7 Å². The van der Waals surface area contributed by atoms with Gasteiger partial charge in [-0.15, -0.1) is 0 Å². The number of anilines is 1. The third-order valence-corrected chi connectivity index (χ3v) is 2.37. The van der Waals surface area contributed by atoms with Gasteiger partial charge in [0.15, 0.2) is 0 Å². The molecular weight excluding hydrogens is 174 g/mol. The number of nitrogens with one attached hydrogen (secondary N) is 1. The van der Waals surface area contributed by atoms with Crippen LogP contribution in [0, 0.1) is 0 Å². The molecule has 3 nitrogen and oxygen atoms in total. The van der Waals surface area contributed by atoms with Crippen molar-refractivity contribution < 1.29 is 0 Å². The monoisotopic (exact) mass is 187 g/mol. The first kappa shape index (κ1) is 8.81. The summed E-state index contributed by atoms with van der Waals surface area (Å²) >= 11 is 0. The Morgan fingerprint density at radius 1 is 1.36 bits per heavy atom. The lowest BCUT2D eigenvalue weighted by Gasteiger charge is -1.97. The Labute approximate surface area is 82.0 Å². The number of rotatable bonds is 0. The van der Waals surface area contributed by atoms with E-state index in [1.165, 1.54) is 0 Å². The maximum atomic E-state index is 5.84. The second-order valence-electron chi connectivity index (χ2n) is 3.14. The molecule has 2 rings (SSSR count). The van der Waals surface area contributed by atoms with Crippen LogP contribution in [0.2, 0.25) is 0 Å². The second kappa shape index (κ2) is 3.18.